The van der Waals surface area contributed by atoms with E-state index in [2.05, 4.69) is 21.2 Å². The summed E-state index contributed by atoms with van der Waals surface area (Å²) >= 11 is 8.78. The summed E-state index contributed by atoms with van der Waals surface area (Å²) in [6.07, 6.45) is -5.26. The lowest BCUT2D eigenvalue weighted by molar-refractivity contribution is -0.134. The number of alkyl halides is 4. The van der Waals surface area contributed by atoms with Crippen molar-refractivity contribution < 1.29 is 18.0 Å². The average molecular weight is 359 g/mol. The molecule has 1 amide bonds. The second-order valence-corrected chi connectivity index (χ2v) is 5.50. The summed E-state index contributed by atoms with van der Waals surface area (Å²) in [7, 11) is 0. The van der Waals surface area contributed by atoms with Crippen molar-refractivity contribution in [3.63, 3.8) is 0 Å². The summed E-state index contributed by atoms with van der Waals surface area (Å²) in [5.74, 6) is -0.330. The van der Waals surface area contributed by atoms with Gasteiger partial charge >= 0.3 is 6.18 Å². The lowest BCUT2D eigenvalue weighted by Crippen LogP contribution is -2.27. The molecule has 0 aliphatic carbocycles. The maximum absolute atomic E-state index is 12.0. The molecule has 0 aromatic heterocycles. The number of benzene rings is 1. The van der Waals surface area contributed by atoms with Crippen LogP contribution in [0.1, 0.15) is 23.2 Å². The van der Waals surface area contributed by atoms with Gasteiger partial charge in [0.1, 0.15) is 0 Å². The molecule has 7 heteroatoms. The van der Waals surface area contributed by atoms with Gasteiger partial charge < -0.3 is 5.32 Å². The zero-order valence-corrected chi connectivity index (χ0v) is 12.1. The molecule has 0 fully saturated rings. The third-order valence-corrected chi connectivity index (χ3v) is 3.20. The van der Waals surface area contributed by atoms with Gasteiger partial charge in [0, 0.05) is 22.0 Å². The first-order valence-corrected chi connectivity index (χ1v) is 6.75. The number of halogens is 5. The van der Waals surface area contributed by atoms with E-state index in [4.69, 9.17) is 11.6 Å². The Kier molecular flexibility index (Phi) is 6.13. The summed E-state index contributed by atoms with van der Waals surface area (Å²) in [6.45, 7) is 0.110. The predicted molar refractivity (Wildman–Crippen MR) is 71.4 cm³/mol. The Morgan fingerprint density at radius 2 is 1.89 bits per heavy atom. The van der Waals surface area contributed by atoms with Crippen molar-refractivity contribution in [3.8, 4) is 0 Å². The van der Waals surface area contributed by atoms with Crippen molar-refractivity contribution in [1.29, 1.82) is 0 Å². The molecule has 0 bridgehead atoms. The maximum atomic E-state index is 12.0. The van der Waals surface area contributed by atoms with Crippen LogP contribution in [0.3, 0.4) is 0 Å². The van der Waals surface area contributed by atoms with Crippen LogP contribution in [0.4, 0.5) is 13.2 Å². The van der Waals surface area contributed by atoms with Crippen LogP contribution in [-0.2, 0) is 0 Å². The number of carbonyl (C=O) groups is 1. The van der Waals surface area contributed by atoms with Crippen LogP contribution in [0.2, 0.25) is 0 Å². The molecule has 0 saturated heterocycles. The topological polar surface area (TPSA) is 29.1 Å². The Bertz CT molecular complexity index is 422. The fourth-order valence-corrected chi connectivity index (χ4v) is 1.95. The fraction of sp³-hybridized carbons (Fsp3) is 0.417. The molecule has 2 nitrogen and oxygen atoms in total. The minimum absolute atomic E-state index is 0.0728. The number of hydrogen-bond donors (Lipinski definition) is 1. The molecule has 1 rings (SSSR count). The molecular formula is C12H12BrClF3NO. The first-order valence-electron chi connectivity index (χ1n) is 5.52. The van der Waals surface area contributed by atoms with Crippen LogP contribution in [0, 0.1) is 0 Å². The van der Waals surface area contributed by atoms with Gasteiger partial charge in [0.15, 0.2) is 0 Å². The highest BCUT2D eigenvalue weighted by atomic mass is 79.9. The van der Waals surface area contributed by atoms with E-state index in [-0.39, 0.29) is 18.9 Å². The van der Waals surface area contributed by atoms with Gasteiger partial charge in [-0.25, -0.2) is 0 Å². The fourth-order valence-electron chi connectivity index (χ4n) is 1.40. The summed E-state index contributed by atoms with van der Waals surface area (Å²) in [4.78, 5) is 11.6. The smallest absolute Gasteiger partial charge is 0.352 e. The van der Waals surface area contributed by atoms with E-state index in [1.807, 2.05) is 0 Å². The SMILES string of the molecule is O=C(NCC[C@@H](Cl)CC(F)(F)F)c1ccc(Br)cc1. The second-order valence-electron chi connectivity index (χ2n) is 3.97. The Balaban J connectivity index is 2.33. The minimum atomic E-state index is -4.28. The summed E-state index contributed by atoms with van der Waals surface area (Å²) in [5.41, 5.74) is 0.449. The molecule has 0 saturated carbocycles. The first-order chi connectivity index (χ1) is 8.78. The molecule has 0 unspecified atom stereocenters. The number of rotatable bonds is 5. The van der Waals surface area contributed by atoms with E-state index >= 15 is 0 Å². The summed E-state index contributed by atoms with van der Waals surface area (Å²) in [6, 6.07) is 6.66. The molecule has 0 aliphatic rings. The molecule has 1 aromatic carbocycles. The summed E-state index contributed by atoms with van der Waals surface area (Å²) in [5, 5.41) is 1.51. The Morgan fingerprint density at radius 1 is 1.32 bits per heavy atom. The Labute approximate surface area is 122 Å². The highest BCUT2D eigenvalue weighted by molar-refractivity contribution is 9.10. The van der Waals surface area contributed by atoms with Crippen molar-refractivity contribution in [3.05, 3.63) is 34.3 Å². The highest BCUT2D eigenvalue weighted by Crippen LogP contribution is 2.25. The molecule has 0 radical (unpaired) electrons. The van der Waals surface area contributed by atoms with Crippen LogP contribution in [-0.4, -0.2) is 24.0 Å². The normalized spacial score (nSPS) is 13.1. The first kappa shape index (κ1) is 16.3. The van der Waals surface area contributed by atoms with E-state index in [0.717, 1.165) is 4.47 Å². The lowest BCUT2D eigenvalue weighted by Gasteiger charge is -2.12. The molecule has 1 N–H and O–H groups in total. The Hall–Kier alpha value is -0.750. The molecule has 0 spiro atoms. The molecule has 19 heavy (non-hydrogen) atoms. The molecule has 1 atom stereocenters. The van der Waals surface area contributed by atoms with Gasteiger partial charge in [0.2, 0.25) is 0 Å². The van der Waals surface area contributed by atoms with Crippen molar-refractivity contribution in [2.45, 2.75) is 24.4 Å². The third kappa shape index (κ3) is 6.82. The molecule has 0 heterocycles. The molecule has 1 aromatic rings. The maximum Gasteiger partial charge on any atom is 0.390 e. The predicted octanol–water partition coefficient (Wildman–Crippen LogP) is 4.13. The minimum Gasteiger partial charge on any atom is -0.352 e. The van der Waals surface area contributed by atoms with Crippen molar-refractivity contribution >= 4 is 33.4 Å². The number of nitrogens with one attached hydrogen (secondary N) is 1. The largest absolute Gasteiger partial charge is 0.390 e. The monoisotopic (exact) mass is 357 g/mol. The molecule has 106 valence electrons. The second kappa shape index (κ2) is 7.14. The quantitative estimate of drug-likeness (QED) is 0.788. The highest BCUT2D eigenvalue weighted by Gasteiger charge is 2.30. The van der Waals surface area contributed by atoms with Gasteiger partial charge in [0.25, 0.3) is 5.91 Å². The van der Waals surface area contributed by atoms with Gasteiger partial charge in [0.05, 0.1) is 6.42 Å². The van der Waals surface area contributed by atoms with E-state index in [0.29, 0.717) is 5.56 Å². The van der Waals surface area contributed by atoms with Crippen LogP contribution in [0.15, 0.2) is 28.7 Å². The van der Waals surface area contributed by atoms with Crippen LogP contribution in [0.5, 0.6) is 0 Å². The zero-order valence-electron chi connectivity index (χ0n) is 9.81. The number of hydrogen-bond acceptors (Lipinski definition) is 1. The van der Waals surface area contributed by atoms with Gasteiger partial charge in [-0.1, -0.05) is 15.9 Å². The van der Waals surface area contributed by atoms with Gasteiger partial charge in [-0.3, -0.25) is 4.79 Å². The summed E-state index contributed by atoms with van der Waals surface area (Å²) < 4.78 is 36.9. The van der Waals surface area contributed by atoms with E-state index in [9.17, 15) is 18.0 Å². The average Bonchev–Trinajstić information content (AvgIpc) is 2.27. The molecular weight excluding hydrogens is 346 g/mol. The van der Waals surface area contributed by atoms with Gasteiger partial charge in [-0.2, -0.15) is 13.2 Å². The molecule has 0 aliphatic heterocycles. The number of carbonyl (C=O) groups excluding carboxylic acids is 1. The van der Waals surface area contributed by atoms with Crippen molar-refractivity contribution in [2.75, 3.05) is 6.54 Å². The standard InChI is InChI=1S/C12H12BrClF3NO/c13-9-3-1-8(2-4-9)11(19)18-6-5-10(14)7-12(15,16)17/h1-4,10H,5-7H2,(H,18,19)/t10-/m1/s1. The van der Waals surface area contributed by atoms with E-state index in [1.54, 1.807) is 24.3 Å². The van der Waals surface area contributed by atoms with Crippen LogP contribution in [0.25, 0.3) is 0 Å². The van der Waals surface area contributed by atoms with Crippen LogP contribution < -0.4 is 5.32 Å². The van der Waals surface area contributed by atoms with E-state index < -0.39 is 18.0 Å². The van der Waals surface area contributed by atoms with Crippen molar-refractivity contribution in [2.24, 2.45) is 0 Å². The Morgan fingerprint density at radius 3 is 2.42 bits per heavy atom. The third-order valence-electron chi connectivity index (χ3n) is 2.30. The van der Waals surface area contributed by atoms with Crippen LogP contribution >= 0.6 is 27.5 Å². The lowest BCUT2D eigenvalue weighted by atomic mass is 10.2. The van der Waals surface area contributed by atoms with Gasteiger partial charge in [-0.05, 0) is 30.7 Å². The van der Waals surface area contributed by atoms with E-state index in [1.165, 1.54) is 0 Å². The van der Waals surface area contributed by atoms with Gasteiger partial charge in [-0.15, -0.1) is 11.6 Å². The van der Waals surface area contributed by atoms with Crippen molar-refractivity contribution in [1.82, 2.24) is 5.32 Å². The zero-order chi connectivity index (χ0) is 14.5. The number of amides is 1.